The summed E-state index contributed by atoms with van der Waals surface area (Å²) in [6.07, 6.45) is 1.33. The number of hydrogen-bond acceptors (Lipinski definition) is 5. The fourth-order valence-electron chi connectivity index (χ4n) is 2.39. The number of alkyl carbamates (subject to hydrolysis) is 1. The van der Waals surface area contributed by atoms with E-state index in [2.05, 4.69) is 29.5 Å². The highest BCUT2D eigenvalue weighted by molar-refractivity contribution is 7.11. The highest BCUT2D eigenvalue weighted by atomic mass is 32.1. The van der Waals surface area contributed by atoms with E-state index in [-0.39, 0.29) is 11.6 Å². The number of carbonyl (C=O) groups excluding carboxylic acids is 1. The Morgan fingerprint density at radius 1 is 1.22 bits per heavy atom. The molecule has 1 amide bonds. The van der Waals surface area contributed by atoms with Gasteiger partial charge in [0.1, 0.15) is 5.60 Å². The molecule has 0 atom stereocenters. The van der Waals surface area contributed by atoms with Crippen LogP contribution >= 0.6 is 11.3 Å². The molecule has 5 nitrogen and oxygen atoms in total. The van der Waals surface area contributed by atoms with Crippen LogP contribution in [0.15, 0.2) is 0 Å². The van der Waals surface area contributed by atoms with E-state index >= 15 is 0 Å². The van der Waals surface area contributed by atoms with Crippen molar-refractivity contribution in [2.24, 2.45) is 0 Å². The van der Waals surface area contributed by atoms with Gasteiger partial charge in [0.2, 0.25) is 0 Å². The summed E-state index contributed by atoms with van der Waals surface area (Å²) in [5, 5.41) is 7.61. The summed E-state index contributed by atoms with van der Waals surface area (Å²) in [6.45, 7) is 15.3. The number of thiazole rings is 1. The number of aromatic nitrogens is 1. The van der Waals surface area contributed by atoms with E-state index in [9.17, 15) is 4.79 Å². The lowest BCUT2D eigenvalue weighted by Gasteiger charge is -2.34. The molecule has 0 bridgehead atoms. The number of rotatable bonds is 7. The molecule has 0 saturated heterocycles. The Hall–Kier alpha value is -1.14. The number of nitrogens with zero attached hydrogens (tertiary/aromatic N) is 1. The van der Waals surface area contributed by atoms with Crippen LogP contribution in [0.3, 0.4) is 0 Å². The third-order valence-corrected chi connectivity index (χ3v) is 4.94. The quantitative estimate of drug-likeness (QED) is 0.788. The van der Waals surface area contributed by atoms with Crippen molar-refractivity contribution in [3.63, 3.8) is 0 Å². The maximum atomic E-state index is 12.1. The summed E-state index contributed by atoms with van der Waals surface area (Å²) < 4.78 is 5.40. The first kappa shape index (κ1) is 19.9. The van der Waals surface area contributed by atoms with Crippen molar-refractivity contribution in [3.05, 3.63) is 15.6 Å². The Morgan fingerprint density at radius 2 is 1.83 bits per heavy atom. The highest BCUT2D eigenvalue weighted by Gasteiger charge is 2.30. The van der Waals surface area contributed by atoms with E-state index in [1.54, 1.807) is 11.3 Å². The van der Waals surface area contributed by atoms with Crippen LogP contribution in [0.2, 0.25) is 0 Å². The molecular weight excluding hydrogens is 310 g/mol. The van der Waals surface area contributed by atoms with Gasteiger partial charge in [-0.15, -0.1) is 11.3 Å². The molecule has 2 N–H and O–H groups in total. The number of aryl methyl sites for hydroxylation is 2. The SMILES string of the molecule is CCC(CC)(CNCc1sc(C)nc1C)NC(=O)OC(C)(C)C. The maximum Gasteiger partial charge on any atom is 0.408 e. The van der Waals surface area contributed by atoms with Crippen LogP contribution in [0, 0.1) is 13.8 Å². The molecule has 0 radical (unpaired) electrons. The third-order valence-electron chi connectivity index (χ3n) is 3.87. The molecule has 0 aliphatic rings. The van der Waals surface area contributed by atoms with Crippen molar-refractivity contribution in [1.29, 1.82) is 0 Å². The zero-order valence-electron chi connectivity index (χ0n) is 15.5. The van der Waals surface area contributed by atoms with Crippen LogP contribution in [0.4, 0.5) is 4.79 Å². The van der Waals surface area contributed by atoms with Crippen molar-refractivity contribution < 1.29 is 9.53 Å². The van der Waals surface area contributed by atoms with Crippen molar-refractivity contribution in [2.45, 2.75) is 79.0 Å². The van der Waals surface area contributed by atoms with Gasteiger partial charge in [0.15, 0.2) is 0 Å². The largest absolute Gasteiger partial charge is 0.444 e. The molecule has 0 aromatic carbocycles. The van der Waals surface area contributed by atoms with Crippen molar-refractivity contribution >= 4 is 17.4 Å². The van der Waals surface area contributed by atoms with Gasteiger partial charge in [0.05, 0.1) is 16.2 Å². The molecule has 23 heavy (non-hydrogen) atoms. The summed E-state index contributed by atoms with van der Waals surface area (Å²) in [5.41, 5.74) is 0.302. The first-order valence-corrected chi connectivity index (χ1v) is 9.07. The molecule has 0 saturated carbocycles. The van der Waals surface area contributed by atoms with Crippen molar-refractivity contribution in [1.82, 2.24) is 15.6 Å². The Kier molecular flexibility index (Phi) is 7.02. The van der Waals surface area contributed by atoms with Crippen LogP contribution < -0.4 is 10.6 Å². The minimum absolute atomic E-state index is 0.296. The first-order chi connectivity index (χ1) is 10.6. The zero-order chi connectivity index (χ0) is 17.7. The lowest BCUT2D eigenvalue weighted by Crippen LogP contribution is -2.55. The van der Waals surface area contributed by atoms with Gasteiger partial charge in [-0.3, -0.25) is 0 Å². The van der Waals surface area contributed by atoms with Crippen LogP contribution in [0.5, 0.6) is 0 Å². The lowest BCUT2D eigenvalue weighted by molar-refractivity contribution is 0.0446. The monoisotopic (exact) mass is 341 g/mol. The predicted molar refractivity (Wildman–Crippen MR) is 96.0 cm³/mol. The Labute approximate surface area is 144 Å². The second kappa shape index (κ2) is 8.11. The minimum atomic E-state index is -0.484. The van der Waals surface area contributed by atoms with E-state index < -0.39 is 5.60 Å². The van der Waals surface area contributed by atoms with Gasteiger partial charge >= 0.3 is 6.09 Å². The Bertz CT molecular complexity index is 516. The number of carbonyl (C=O) groups is 1. The van der Waals surface area contributed by atoms with Gasteiger partial charge in [-0.2, -0.15) is 0 Å². The summed E-state index contributed by atoms with van der Waals surface area (Å²) >= 11 is 1.72. The molecule has 0 spiro atoms. The first-order valence-electron chi connectivity index (χ1n) is 8.25. The molecule has 1 aromatic heterocycles. The average Bonchev–Trinajstić information content (AvgIpc) is 2.73. The van der Waals surface area contributed by atoms with E-state index in [4.69, 9.17) is 4.74 Å². The minimum Gasteiger partial charge on any atom is -0.444 e. The number of amides is 1. The molecule has 0 fully saturated rings. The van der Waals surface area contributed by atoms with Crippen molar-refractivity contribution in [3.8, 4) is 0 Å². The molecule has 0 aliphatic carbocycles. The van der Waals surface area contributed by atoms with Crippen LogP contribution in [0.25, 0.3) is 0 Å². The van der Waals surface area contributed by atoms with E-state index in [1.807, 2.05) is 34.6 Å². The van der Waals surface area contributed by atoms with Gasteiger partial charge < -0.3 is 15.4 Å². The fourth-order valence-corrected chi connectivity index (χ4v) is 3.30. The molecule has 1 aromatic rings. The van der Waals surface area contributed by atoms with Gasteiger partial charge in [0, 0.05) is 18.0 Å². The molecular formula is C17H31N3O2S. The lowest BCUT2D eigenvalue weighted by atomic mass is 9.93. The second-order valence-electron chi connectivity index (χ2n) is 6.96. The van der Waals surface area contributed by atoms with Gasteiger partial charge in [0.25, 0.3) is 0 Å². The molecule has 0 unspecified atom stereocenters. The van der Waals surface area contributed by atoms with Gasteiger partial charge in [-0.25, -0.2) is 9.78 Å². The average molecular weight is 342 g/mol. The normalized spacial score (nSPS) is 12.3. The van der Waals surface area contributed by atoms with Gasteiger partial charge in [-0.05, 0) is 47.5 Å². The van der Waals surface area contributed by atoms with E-state index in [0.29, 0.717) is 6.54 Å². The summed E-state index contributed by atoms with van der Waals surface area (Å²) in [5.74, 6) is 0. The molecule has 6 heteroatoms. The van der Waals surface area contributed by atoms with E-state index in [0.717, 1.165) is 30.1 Å². The summed E-state index contributed by atoms with van der Waals surface area (Å²) in [4.78, 5) is 17.8. The van der Waals surface area contributed by atoms with Crippen LogP contribution in [-0.4, -0.2) is 28.8 Å². The second-order valence-corrected chi connectivity index (χ2v) is 8.25. The fraction of sp³-hybridized carbons (Fsp3) is 0.765. The van der Waals surface area contributed by atoms with Gasteiger partial charge in [-0.1, -0.05) is 13.8 Å². The highest BCUT2D eigenvalue weighted by Crippen LogP contribution is 2.19. The number of nitrogens with one attached hydrogen (secondary N) is 2. The molecule has 132 valence electrons. The van der Waals surface area contributed by atoms with E-state index in [1.165, 1.54) is 4.88 Å². The predicted octanol–water partition coefficient (Wildman–Crippen LogP) is 3.93. The number of hydrogen-bond donors (Lipinski definition) is 2. The number of ether oxygens (including phenoxy) is 1. The smallest absolute Gasteiger partial charge is 0.408 e. The molecule has 1 rings (SSSR count). The standard InChI is InChI=1S/C17H31N3O2S/c1-8-17(9-2,20-15(21)22-16(5,6)7)11-18-10-14-12(3)19-13(4)23-14/h18H,8-11H2,1-7H3,(H,20,21). The summed E-state index contributed by atoms with van der Waals surface area (Å²) in [6, 6.07) is 0. The van der Waals surface area contributed by atoms with Crippen LogP contribution in [0.1, 0.15) is 63.0 Å². The third kappa shape index (κ3) is 6.47. The van der Waals surface area contributed by atoms with Crippen molar-refractivity contribution in [2.75, 3.05) is 6.54 Å². The topological polar surface area (TPSA) is 63.2 Å². The van der Waals surface area contributed by atoms with Crippen LogP contribution in [-0.2, 0) is 11.3 Å². The Balaban J connectivity index is 2.62. The zero-order valence-corrected chi connectivity index (χ0v) is 16.3. The molecule has 0 aliphatic heterocycles. The molecule has 1 heterocycles. The maximum absolute atomic E-state index is 12.1. The Morgan fingerprint density at radius 3 is 2.26 bits per heavy atom. The summed E-state index contributed by atoms with van der Waals surface area (Å²) in [7, 11) is 0.